The van der Waals surface area contributed by atoms with Crippen LogP contribution in [0.1, 0.15) is 22.6 Å². The quantitative estimate of drug-likeness (QED) is 0.939. The monoisotopic (exact) mass is 309 g/mol. The minimum Gasteiger partial charge on any atom is -0.373 e. The summed E-state index contributed by atoms with van der Waals surface area (Å²) in [5.74, 6) is 2.89. The minimum absolute atomic E-state index is 0.132. The fraction of sp³-hybridized carbons (Fsp3) is 0.286. The summed E-state index contributed by atoms with van der Waals surface area (Å²) in [6, 6.07) is 4.99. The number of fused-ring (bicyclic) bond motifs is 1. The van der Waals surface area contributed by atoms with Crippen LogP contribution in [-0.4, -0.2) is 17.0 Å². The lowest BCUT2D eigenvalue weighted by molar-refractivity contribution is 0.612. The Kier molecular flexibility index (Phi) is 3.81. The molecule has 2 aromatic rings. The predicted octanol–water partition coefficient (Wildman–Crippen LogP) is 3.65. The zero-order valence-corrected chi connectivity index (χ0v) is 12.5. The van der Waals surface area contributed by atoms with Gasteiger partial charge in [-0.1, -0.05) is 23.7 Å². The molecule has 0 aliphatic carbocycles. The van der Waals surface area contributed by atoms with Crippen LogP contribution in [0.15, 0.2) is 18.2 Å². The Balaban J connectivity index is 1.97. The lowest BCUT2D eigenvalue weighted by Crippen LogP contribution is -2.07. The molecule has 1 N–H and O–H groups in total. The number of aromatic nitrogens is 2. The number of hydrogen-bond donors (Lipinski definition) is 1. The summed E-state index contributed by atoms with van der Waals surface area (Å²) in [4.78, 5) is 9.03. The summed E-state index contributed by atoms with van der Waals surface area (Å²) >= 11 is 7.62. The highest BCUT2D eigenvalue weighted by Gasteiger charge is 2.19. The number of benzene rings is 1. The Morgan fingerprint density at radius 1 is 1.35 bits per heavy atom. The normalized spacial score (nSPS) is 13.3. The van der Waals surface area contributed by atoms with Gasteiger partial charge in [-0.05, 0) is 11.6 Å². The van der Waals surface area contributed by atoms with E-state index >= 15 is 0 Å². The largest absolute Gasteiger partial charge is 0.373 e. The number of anilines is 1. The standard InChI is InChI=1S/C14H13ClFN3S/c1-17-14-9-6-20-7-11(9)18-12(19-14)5-8-3-2-4-10(15)13(8)16/h2-4H,5-7H2,1H3,(H,17,18,19). The van der Waals surface area contributed by atoms with E-state index in [4.69, 9.17) is 11.6 Å². The van der Waals surface area contributed by atoms with Gasteiger partial charge in [-0.15, -0.1) is 0 Å². The van der Waals surface area contributed by atoms with Crippen LogP contribution in [0.4, 0.5) is 10.2 Å². The van der Waals surface area contributed by atoms with Crippen LogP contribution >= 0.6 is 23.4 Å². The van der Waals surface area contributed by atoms with Crippen molar-refractivity contribution in [3.63, 3.8) is 0 Å². The van der Waals surface area contributed by atoms with Crippen molar-refractivity contribution >= 4 is 29.2 Å². The van der Waals surface area contributed by atoms with Crippen molar-refractivity contribution in [2.75, 3.05) is 12.4 Å². The van der Waals surface area contributed by atoms with Crippen LogP contribution in [-0.2, 0) is 17.9 Å². The molecule has 0 spiro atoms. The average Bonchev–Trinajstić information content (AvgIpc) is 2.91. The molecule has 3 rings (SSSR count). The van der Waals surface area contributed by atoms with Crippen LogP contribution in [0, 0.1) is 5.82 Å². The van der Waals surface area contributed by atoms with Crippen molar-refractivity contribution in [3.8, 4) is 0 Å². The first-order valence-corrected chi connectivity index (χ1v) is 7.79. The summed E-state index contributed by atoms with van der Waals surface area (Å²) in [6.45, 7) is 0. The minimum atomic E-state index is -0.390. The molecule has 0 atom stereocenters. The third-order valence-corrected chi connectivity index (χ3v) is 4.50. The van der Waals surface area contributed by atoms with E-state index < -0.39 is 5.82 Å². The summed E-state index contributed by atoms with van der Waals surface area (Å²) in [7, 11) is 1.84. The fourth-order valence-corrected chi connectivity index (χ4v) is 3.48. The SMILES string of the molecule is CNc1nc(Cc2cccc(Cl)c2F)nc2c1CSC2. The molecular formula is C14H13ClFN3S. The van der Waals surface area contributed by atoms with E-state index in [0.29, 0.717) is 17.8 Å². The molecule has 0 saturated heterocycles. The number of halogens is 2. The summed E-state index contributed by atoms with van der Waals surface area (Å²) in [6.07, 6.45) is 0.346. The van der Waals surface area contributed by atoms with Gasteiger partial charge in [0.05, 0.1) is 10.7 Å². The van der Waals surface area contributed by atoms with E-state index in [-0.39, 0.29) is 5.02 Å². The first kappa shape index (κ1) is 13.6. The van der Waals surface area contributed by atoms with Gasteiger partial charge >= 0.3 is 0 Å². The van der Waals surface area contributed by atoms with Crippen molar-refractivity contribution in [3.05, 3.63) is 51.7 Å². The summed E-state index contributed by atoms with van der Waals surface area (Å²) < 4.78 is 13.9. The highest BCUT2D eigenvalue weighted by molar-refractivity contribution is 7.98. The Morgan fingerprint density at radius 2 is 2.20 bits per heavy atom. The molecule has 0 radical (unpaired) electrons. The van der Waals surface area contributed by atoms with Gasteiger partial charge in [0.15, 0.2) is 0 Å². The first-order valence-electron chi connectivity index (χ1n) is 6.26. The second kappa shape index (κ2) is 5.58. The Morgan fingerprint density at radius 3 is 3.00 bits per heavy atom. The molecule has 1 aliphatic rings. The molecule has 104 valence electrons. The molecule has 1 aromatic heterocycles. The zero-order chi connectivity index (χ0) is 14.1. The molecule has 2 heterocycles. The highest BCUT2D eigenvalue weighted by atomic mass is 35.5. The second-order valence-electron chi connectivity index (χ2n) is 4.55. The van der Waals surface area contributed by atoms with Crippen LogP contribution < -0.4 is 5.32 Å². The van der Waals surface area contributed by atoms with Gasteiger partial charge in [-0.25, -0.2) is 14.4 Å². The molecule has 3 nitrogen and oxygen atoms in total. The van der Waals surface area contributed by atoms with E-state index in [0.717, 1.165) is 28.6 Å². The Bertz CT molecular complexity index is 663. The van der Waals surface area contributed by atoms with Crippen molar-refractivity contribution in [2.45, 2.75) is 17.9 Å². The maximum Gasteiger partial charge on any atom is 0.145 e. The lowest BCUT2D eigenvalue weighted by Gasteiger charge is -2.09. The summed E-state index contributed by atoms with van der Waals surface area (Å²) in [5, 5.41) is 3.23. The van der Waals surface area contributed by atoms with E-state index in [2.05, 4.69) is 15.3 Å². The molecule has 6 heteroatoms. The molecule has 0 unspecified atom stereocenters. The van der Waals surface area contributed by atoms with Crippen LogP contribution in [0.5, 0.6) is 0 Å². The molecule has 0 amide bonds. The van der Waals surface area contributed by atoms with Gasteiger partial charge in [-0.3, -0.25) is 0 Å². The van der Waals surface area contributed by atoms with E-state index in [1.54, 1.807) is 18.2 Å². The van der Waals surface area contributed by atoms with Gasteiger partial charge in [0.25, 0.3) is 0 Å². The lowest BCUT2D eigenvalue weighted by atomic mass is 10.1. The fourth-order valence-electron chi connectivity index (χ4n) is 2.24. The maximum absolute atomic E-state index is 13.9. The van der Waals surface area contributed by atoms with Crippen LogP contribution in [0.25, 0.3) is 0 Å². The zero-order valence-electron chi connectivity index (χ0n) is 10.9. The smallest absolute Gasteiger partial charge is 0.145 e. The number of nitrogens with one attached hydrogen (secondary N) is 1. The van der Waals surface area contributed by atoms with Gasteiger partial charge in [-0.2, -0.15) is 11.8 Å². The van der Waals surface area contributed by atoms with Crippen molar-refractivity contribution in [1.29, 1.82) is 0 Å². The third-order valence-electron chi connectivity index (χ3n) is 3.24. The predicted molar refractivity (Wildman–Crippen MR) is 80.8 cm³/mol. The number of hydrogen-bond acceptors (Lipinski definition) is 4. The topological polar surface area (TPSA) is 37.8 Å². The number of rotatable bonds is 3. The van der Waals surface area contributed by atoms with Crippen molar-refractivity contribution < 1.29 is 4.39 Å². The highest BCUT2D eigenvalue weighted by Crippen LogP contribution is 2.33. The molecule has 0 fully saturated rings. The van der Waals surface area contributed by atoms with Crippen molar-refractivity contribution in [2.24, 2.45) is 0 Å². The van der Waals surface area contributed by atoms with E-state index in [1.165, 1.54) is 0 Å². The molecule has 20 heavy (non-hydrogen) atoms. The molecule has 0 saturated carbocycles. The second-order valence-corrected chi connectivity index (χ2v) is 5.94. The Labute approximate surface area is 126 Å². The van der Waals surface area contributed by atoms with Crippen molar-refractivity contribution in [1.82, 2.24) is 9.97 Å². The molecule has 1 aliphatic heterocycles. The number of thioether (sulfide) groups is 1. The molecular weight excluding hydrogens is 297 g/mol. The van der Waals surface area contributed by atoms with E-state index in [9.17, 15) is 4.39 Å². The third kappa shape index (κ3) is 2.47. The van der Waals surface area contributed by atoms with Crippen LogP contribution in [0.3, 0.4) is 0 Å². The number of nitrogens with zero attached hydrogens (tertiary/aromatic N) is 2. The molecule has 0 bridgehead atoms. The Hall–Kier alpha value is -1.33. The first-order chi connectivity index (χ1) is 9.69. The average molecular weight is 310 g/mol. The summed E-state index contributed by atoms with van der Waals surface area (Å²) in [5.41, 5.74) is 2.73. The van der Waals surface area contributed by atoms with Gasteiger partial charge in [0, 0.05) is 30.5 Å². The van der Waals surface area contributed by atoms with Gasteiger partial charge in [0.1, 0.15) is 17.5 Å². The van der Waals surface area contributed by atoms with E-state index in [1.807, 2.05) is 18.8 Å². The van der Waals surface area contributed by atoms with Gasteiger partial charge in [0.2, 0.25) is 0 Å². The molecule has 1 aromatic carbocycles. The maximum atomic E-state index is 13.9. The van der Waals surface area contributed by atoms with Crippen LogP contribution in [0.2, 0.25) is 5.02 Å². The van der Waals surface area contributed by atoms with Gasteiger partial charge < -0.3 is 5.32 Å².